The number of nitrogens with zero attached hydrogens (tertiary/aromatic N) is 5. The van der Waals surface area contributed by atoms with Gasteiger partial charge in [-0.3, -0.25) is 4.90 Å². The van der Waals surface area contributed by atoms with Crippen LogP contribution in [0.15, 0.2) is 36.5 Å². The van der Waals surface area contributed by atoms with Gasteiger partial charge in [-0.05, 0) is 38.5 Å². The van der Waals surface area contributed by atoms with Gasteiger partial charge in [0.2, 0.25) is 0 Å². The summed E-state index contributed by atoms with van der Waals surface area (Å²) in [6.07, 6.45) is 0.659. The highest BCUT2D eigenvalue weighted by Crippen LogP contribution is 2.25. The Morgan fingerprint density at radius 1 is 1.39 bits per heavy atom. The van der Waals surface area contributed by atoms with Crippen LogP contribution in [0.3, 0.4) is 0 Å². The van der Waals surface area contributed by atoms with E-state index in [0.717, 1.165) is 0 Å². The van der Waals surface area contributed by atoms with E-state index < -0.39 is 17.5 Å². The second-order valence-electron chi connectivity index (χ2n) is 7.04. The van der Waals surface area contributed by atoms with Crippen LogP contribution in [0.2, 0.25) is 5.15 Å². The molecule has 0 radical (unpaired) electrons. The third-order valence-electron chi connectivity index (χ3n) is 3.66. The van der Waals surface area contributed by atoms with Gasteiger partial charge in [-0.1, -0.05) is 23.7 Å². The normalized spacial score (nSPS) is 11.3. The lowest BCUT2D eigenvalue weighted by atomic mass is 10.2. The van der Waals surface area contributed by atoms with Crippen LogP contribution < -0.4 is 4.90 Å². The number of nitriles is 1. The Labute approximate surface area is 165 Å². The topological polar surface area (TPSA) is 83.5 Å². The SMILES string of the molecule is CC(C)(C)OC(=O)N(Cc1cccc(F)c1)c1cc(Cl)nc2c(C#N)cnn12. The summed E-state index contributed by atoms with van der Waals surface area (Å²) in [6.45, 7) is 5.22. The Morgan fingerprint density at radius 3 is 2.79 bits per heavy atom. The molecule has 0 saturated heterocycles. The fraction of sp³-hybridized carbons (Fsp3) is 0.263. The first-order chi connectivity index (χ1) is 13.2. The Morgan fingerprint density at radius 2 is 2.14 bits per heavy atom. The van der Waals surface area contributed by atoms with Gasteiger partial charge in [0.25, 0.3) is 0 Å². The third kappa shape index (κ3) is 4.21. The number of amides is 1. The molecule has 1 aromatic carbocycles. The maximum absolute atomic E-state index is 13.6. The molecule has 0 bridgehead atoms. The highest BCUT2D eigenvalue weighted by molar-refractivity contribution is 6.29. The molecule has 0 aliphatic carbocycles. The van der Waals surface area contributed by atoms with Gasteiger partial charge >= 0.3 is 6.09 Å². The lowest BCUT2D eigenvalue weighted by molar-refractivity contribution is 0.0575. The van der Waals surface area contributed by atoms with Crippen molar-refractivity contribution in [2.24, 2.45) is 0 Å². The molecule has 3 aromatic rings. The number of halogens is 2. The average molecular weight is 402 g/mol. The average Bonchev–Trinajstić information content (AvgIpc) is 3.00. The summed E-state index contributed by atoms with van der Waals surface area (Å²) in [5.41, 5.74) is 0.200. The van der Waals surface area contributed by atoms with Crippen LogP contribution in [0, 0.1) is 17.1 Å². The van der Waals surface area contributed by atoms with E-state index >= 15 is 0 Å². The summed E-state index contributed by atoms with van der Waals surface area (Å²) in [6, 6.07) is 9.29. The van der Waals surface area contributed by atoms with Crippen molar-refractivity contribution in [2.75, 3.05) is 4.90 Å². The Balaban J connectivity index is 2.13. The molecule has 0 saturated carbocycles. The number of carbonyl (C=O) groups excluding carboxylic acids is 1. The number of rotatable bonds is 3. The fourth-order valence-corrected chi connectivity index (χ4v) is 2.74. The summed E-state index contributed by atoms with van der Waals surface area (Å²) in [4.78, 5) is 18.3. The molecule has 9 heteroatoms. The first-order valence-electron chi connectivity index (χ1n) is 8.37. The quantitative estimate of drug-likeness (QED) is 0.610. The van der Waals surface area contributed by atoms with E-state index in [-0.39, 0.29) is 28.7 Å². The number of hydrogen-bond donors (Lipinski definition) is 0. The van der Waals surface area contributed by atoms with Gasteiger partial charge in [-0.2, -0.15) is 14.9 Å². The summed E-state index contributed by atoms with van der Waals surface area (Å²) < 4.78 is 20.5. The lowest BCUT2D eigenvalue weighted by Crippen LogP contribution is -2.37. The lowest BCUT2D eigenvalue weighted by Gasteiger charge is -2.27. The molecule has 2 heterocycles. The minimum Gasteiger partial charge on any atom is -0.443 e. The Kier molecular flexibility index (Phi) is 5.21. The van der Waals surface area contributed by atoms with Gasteiger partial charge in [0.1, 0.15) is 34.0 Å². The summed E-state index contributed by atoms with van der Waals surface area (Å²) in [7, 11) is 0. The van der Waals surface area contributed by atoms with E-state index in [2.05, 4.69) is 10.1 Å². The molecule has 1 amide bonds. The molecular weight excluding hydrogens is 385 g/mol. The number of ether oxygens (including phenoxy) is 1. The monoisotopic (exact) mass is 401 g/mol. The van der Waals surface area contributed by atoms with Crippen LogP contribution in [0.1, 0.15) is 31.9 Å². The zero-order valence-electron chi connectivity index (χ0n) is 15.5. The zero-order valence-corrected chi connectivity index (χ0v) is 16.2. The molecule has 3 rings (SSSR count). The number of aromatic nitrogens is 3. The van der Waals surface area contributed by atoms with Gasteiger partial charge < -0.3 is 4.74 Å². The van der Waals surface area contributed by atoms with Crippen molar-refractivity contribution in [1.82, 2.24) is 14.6 Å². The van der Waals surface area contributed by atoms with Gasteiger partial charge in [0.15, 0.2) is 5.65 Å². The van der Waals surface area contributed by atoms with Gasteiger partial charge in [-0.25, -0.2) is 14.2 Å². The van der Waals surface area contributed by atoms with Crippen LogP contribution in [-0.4, -0.2) is 26.3 Å². The Bertz CT molecular complexity index is 1080. The summed E-state index contributed by atoms with van der Waals surface area (Å²) in [5, 5.41) is 13.5. The third-order valence-corrected chi connectivity index (χ3v) is 3.86. The van der Waals surface area contributed by atoms with Crippen LogP contribution >= 0.6 is 11.6 Å². The highest BCUT2D eigenvalue weighted by atomic mass is 35.5. The maximum atomic E-state index is 13.6. The predicted molar refractivity (Wildman–Crippen MR) is 102 cm³/mol. The molecule has 0 unspecified atom stereocenters. The molecule has 7 nitrogen and oxygen atoms in total. The van der Waals surface area contributed by atoms with Gasteiger partial charge in [0.05, 0.1) is 12.7 Å². The number of benzene rings is 1. The summed E-state index contributed by atoms with van der Waals surface area (Å²) >= 11 is 6.12. The molecule has 0 atom stereocenters. The molecule has 0 N–H and O–H groups in total. The van der Waals surface area contributed by atoms with Crippen molar-refractivity contribution in [3.63, 3.8) is 0 Å². The van der Waals surface area contributed by atoms with E-state index in [1.54, 1.807) is 32.9 Å². The molecule has 0 aliphatic rings. The van der Waals surface area contributed by atoms with E-state index in [0.29, 0.717) is 5.56 Å². The zero-order chi connectivity index (χ0) is 20.5. The molecule has 0 aliphatic heterocycles. The molecular formula is C19H17ClFN5O2. The second kappa shape index (κ2) is 7.44. The van der Waals surface area contributed by atoms with Crippen LogP contribution in [0.4, 0.5) is 15.0 Å². The maximum Gasteiger partial charge on any atom is 0.416 e. The number of carbonyl (C=O) groups is 1. The fourth-order valence-electron chi connectivity index (χ4n) is 2.56. The number of hydrogen-bond acceptors (Lipinski definition) is 5. The summed E-state index contributed by atoms with van der Waals surface area (Å²) in [5.74, 6) is -0.180. The molecule has 2 aromatic heterocycles. The van der Waals surface area contributed by atoms with E-state index in [1.807, 2.05) is 6.07 Å². The van der Waals surface area contributed by atoms with E-state index in [9.17, 15) is 14.4 Å². The van der Waals surface area contributed by atoms with Crippen molar-refractivity contribution in [1.29, 1.82) is 5.26 Å². The highest BCUT2D eigenvalue weighted by Gasteiger charge is 2.27. The van der Waals surface area contributed by atoms with Crippen molar-refractivity contribution >= 4 is 29.2 Å². The molecule has 28 heavy (non-hydrogen) atoms. The van der Waals surface area contributed by atoms with E-state index in [1.165, 1.54) is 33.8 Å². The van der Waals surface area contributed by atoms with E-state index in [4.69, 9.17) is 16.3 Å². The van der Waals surface area contributed by atoms with Crippen LogP contribution in [0.25, 0.3) is 5.65 Å². The second-order valence-corrected chi connectivity index (χ2v) is 7.43. The Hall–Kier alpha value is -3.18. The standard InChI is InChI=1S/C19H17ClFN5O2/c1-19(2,3)28-18(27)25(11-12-5-4-6-14(21)7-12)16-8-15(20)24-17-13(9-22)10-23-26(16)17/h4-8,10H,11H2,1-3H3. The van der Waals surface area contributed by atoms with Crippen molar-refractivity contribution < 1.29 is 13.9 Å². The first kappa shape index (κ1) is 19.6. The number of anilines is 1. The smallest absolute Gasteiger partial charge is 0.416 e. The minimum atomic E-state index is -0.755. The largest absolute Gasteiger partial charge is 0.443 e. The van der Waals surface area contributed by atoms with Crippen molar-refractivity contribution in [3.05, 3.63) is 58.6 Å². The van der Waals surface area contributed by atoms with Gasteiger partial charge in [-0.15, -0.1) is 0 Å². The van der Waals surface area contributed by atoms with Crippen LogP contribution in [-0.2, 0) is 11.3 Å². The molecule has 0 spiro atoms. The molecule has 144 valence electrons. The van der Waals surface area contributed by atoms with Crippen molar-refractivity contribution in [3.8, 4) is 6.07 Å². The van der Waals surface area contributed by atoms with Crippen LogP contribution in [0.5, 0.6) is 0 Å². The molecule has 0 fully saturated rings. The predicted octanol–water partition coefficient (Wildman–Crippen LogP) is 4.34. The first-order valence-corrected chi connectivity index (χ1v) is 8.75. The van der Waals surface area contributed by atoms with Gasteiger partial charge in [0, 0.05) is 6.07 Å². The minimum absolute atomic E-state index is 0.00383. The number of fused-ring (bicyclic) bond motifs is 1. The van der Waals surface area contributed by atoms with Crippen molar-refractivity contribution in [2.45, 2.75) is 32.9 Å².